The molecule has 0 atom stereocenters. The Kier molecular flexibility index (Phi) is 7.26. The lowest BCUT2D eigenvalue weighted by Gasteiger charge is -2.34. The highest BCUT2D eigenvalue weighted by Crippen LogP contribution is 2.04. The van der Waals surface area contributed by atoms with Gasteiger partial charge in [0.1, 0.15) is 0 Å². The molecule has 1 N–H and O–H groups in total. The molecule has 0 aromatic heterocycles. The highest BCUT2D eigenvalue weighted by Gasteiger charge is 2.21. The molecule has 116 valence electrons. The molecule has 0 saturated carbocycles. The summed E-state index contributed by atoms with van der Waals surface area (Å²) >= 11 is 0. The van der Waals surface area contributed by atoms with Crippen LogP contribution >= 0.6 is 12.4 Å². The van der Waals surface area contributed by atoms with Crippen molar-refractivity contribution in [1.29, 1.82) is 0 Å². The van der Waals surface area contributed by atoms with Crippen molar-refractivity contribution >= 4 is 24.2 Å². The van der Waals surface area contributed by atoms with E-state index in [1.54, 1.807) is 6.92 Å². The van der Waals surface area contributed by atoms with Crippen molar-refractivity contribution < 1.29 is 9.59 Å². The van der Waals surface area contributed by atoms with Gasteiger partial charge in [0.2, 0.25) is 11.8 Å². The molecule has 2 amide bonds. The number of hydrogen-bond donors (Lipinski definition) is 1. The molecule has 0 radical (unpaired) electrons. The van der Waals surface area contributed by atoms with E-state index >= 15 is 0 Å². The lowest BCUT2D eigenvalue weighted by atomic mass is 10.2. The Bertz CT molecular complexity index is 326. The van der Waals surface area contributed by atoms with Crippen molar-refractivity contribution in [3.8, 4) is 0 Å². The van der Waals surface area contributed by atoms with Crippen molar-refractivity contribution in [1.82, 2.24) is 20.0 Å². The Labute approximate surface area is 126 Å². The summed E-state index contributed by atoms with van der Waals surface area (Å²) in [5.74, 6) is 0.409. The Morgan fingerprint density at radius 1 is 0.950 bits per heavy atom. The number of hydrogen-bond acceptors (Lipinski definition) is 4. The number of nitrogens with zero attached hydrogens (tertiary/aromatic N) is 3. The van der Waals surface area contributed by atoms with Gasteiger partial charge < -0.3 is 15.1 Å². The van der Waals surface area contributed by atoms with Gasteiger partial charge in [-0.1, -0.05) is 0 Å². The van der Waals surface area contributed by atoms with Crippen LogP contribution in [0.3, 0.4) is 0 Å². The van der Waals surface area contributed by atoms with Crippen LogP contribution in [0.4, 0.5) is 0 Å². The van der Waals surface area contributed by atoms with Crippen LogP contribution in [0.2, 0.25) is 0 Å². The minimum absolute atomic E-state index is 0. The van der Waals surface area contributed by atoms with Crippen molar-refractivity contribution in [3.63, 3.8) is 0 Å². The second-order valence-corrected chi connectivity index (χ2v) is 5.23. The number of piperazine rings is 2. The van der Waals surface area contributed by atoms with Crippen LogP contribution in [-0.4, -0.2) is 85.4 Å². The normalized spacial score (nSPS) is 20.4. The van der Waals surface area contributed by atoms with Gasteiger partial charge in [-0.05, 0) is 0 Å². The molecule has 0 bridgehead atoms. The van der Waals surface area contributed by atoms with Crippen LogP contribution in [0.25, 0.3) is 0 Å². The summed E-state index contributed by atoms with van der Waals surface area (Å²) in [6.07, 6.45) is 0.597. The highest BCUT2D eigenvalue weighted by molar-refractivity contribution is 5.85. The molecule has 0 aromatic rings. The Hall–Kier alpha value is -0.850. The standard InChI is InChI=1S/C13H24N4O2.ClH/c1-12(18)16-10-8-15(9-11-16)5-2-13(19)17-6-3-14-4-7-17;/h14H,2-11H2,1H3;1H. The van der Waals surface area contributed by atoms with Gasteiger partial charge in [-0.3, -0.25) is 14.5 Å². The molecule has 7 heteroatoms. The minimum atomic E-state index is 0. The molecule has 2 heterocycles. The zero-order valence-electron chi connectivity index (χ0n) is 12.1. The minimum Gasteiger partial charge on any atom is -0.340 e. The first-order chi connectivity index (χ1) is 9.16. The molecule has 2 saturated heterocycles. The van der Waals surface area contributed by atoms with E-state index in [0.717, 1.165) is 58.9 Å². The van der Waals surface area contributed by atoms with Crippen molar-refractivity contribution in [2.45, 2.75) is 13.3 Å². The van der Waals surface area contributed by atoms with Crippen LogP contribution in [0.5, 0.6) is 0 Å². The maximum Gasteiger partial charge on any atom is 0.223 e. The molecule has 0 unspecified atom stereocenters. The maximum absolute atomic E-state index is 12.0. The molecule has 2 rings (SSSR count). The lowest BCUT2D eigenvalue weighted by molar-refractivity contribution is -0.133. The first-order valence-corrected chi connectivity index (χ1v) is 7.13. The zero-order chi connectivity index (χ0) is 13.7. The average molecular weight is 305 g/mol. The first-order valence-electron chi connectivity index (χ1n) is 7.13. The summed E-state index contributed by atoms with van der Waals surface area (Å²) < 4.78 is 0. The van der Waals surface area contributed by atoms with Crippen LogP contribution in [0.1, 0.15) is 13.3 Å². The number of carbonyl (C=O) groups excluding carboxylic acids is 2. The lowest BCUT2D eigenvalue weighted by Crippen LogP contribution is -2.50. The quantitative estimate of drug-likeness (QED) is 0.756. The van der Waals surface area contributed by atoms with E-state index < -0.39 is 0 Å². The van der Waals surface area contributed by atoms with Crippen molar-refractivity contribution in [3.05, 3.63) is 0 Å². The second-order valence-electron chi connectivity index (χ2n) is 5.23. The van der Waals surface area contributed by atoms with E-state index in [-0.39, 0.29) is 24.2 Å². The SMILES string of the molecule is CC(=O)N1CCN(CCC(=O)N2CCNCC2)CC1.Cl. The summed E-state index contributed by atoms with van der Waals surface area (Å²) in [4.78, 5) is 29.3. The van der Waals surface area contributed by atoms with E-state index in [1.165, 1.54) is 0 Å². The fourth-order valence-corrected chi connectivity index (χ4v) is 2.61. The topological polar surface area (TPSA) is 55.9 Å². The summed E-state index contributed by atoms with van der Waals surface area (Å²) in [7, 11) is 0. The van der Waals surface area contributed by atoms with Gasteiger partial charge in [-0.2, -0.15) is 0 Å². The average Bonchev–Trinajstić information content (AvgIpc) is 2.46. The fourth-order valence-electron chi connectivity index (χ4n) is 2.61. The second kappa shape index (κ2) is 8.44. The van der Waals surface area contributed by atoms with Gasteiger partial charge in [0.15, 0.2) is 0 Å². The molecule has 0 aliphatic carbocycles. The van der Waals surface area contributed by atoms with Gasteiger partial charge in [-0.15, -0.1) is 12.4 Å². The molecular formula is C13H25ClN4O2. The van der Waals surface area contributed by atoms with Crippen molar-refractivity contribution in [2.75, 3.05) is 58.9 Å². The monoisotopic (exact) mass is 304 g/mol. The molecule has 0 spiro atoms. The maximum atomic E-state index is 12.0. The number of nitrogens with one attached hydrogen (secondary N) is 1. The van der Waals surface area contributed by atoms with Crippen LogP contribution < -0.4 is 5.32 Å². The zero-order valence-corrected chi connectivity index (χ0v) is 13.0. The fraction of sp³-hybridized carbons (Fsp3) is 0.846. The van der Waals surface area contributed by atoms with Gasteiger partial charge >= 0.3 is 0 Å². The van der Waals surface area contributed by atoms with Gasteiger partial charge in [0.25, 0.3) is 0 Å². The number of carbonyl (C=O) groups is 2. The molecule has 2 fully saturated rings. The molecule has 2 aliphatic rings. The molecule has 6 nitrogen and oxygen atoms in total. The Balaban J connectivity index is 0.00000200. The molecular weight excluding hydrogens is 280 g/mol. The number of halogens is 1. The van der Waals surface area contributed by atoms with Crippen LogP contribution in [0.15, 0.2) is 0 Å². The first kappa shape index (κ1) is 17.2. The summed E-state index contributed by atoms with van der Waals surface area (Å²) in [5, 5.41) is 3.25. The largest absolute Gasteiger partial charge is 0.340 e. The molecule has 0 aromatic carbocycles. The third-order valence-corrected chi connectivity index (χ3v) is 3.93. The van der Waals surface area contributed by atoms with E-state index in [1.807, 2.05) is 9.80 Å². The third-order valence-electron chi connectivity index (χ3n) is 3.93. The third kappa shape index (κ3) is 4.92. The molecule has 2 aliphatic heterocycles. The molecule has 20 heavy (non-hydrogen) atoms. The van der Waals surface area contributed by atoms with E-state index in [0.29, 0.717) is 6.42 Å². The summed E-state index contributed by atoms with van der Waals surface area (Å²) in [6.45, 7) is 9.25. The van der Waals surface area contributed by atoms with Gasteiger partial charge in [-0.25, -0.2) is 0 Å². The van der Waals surface area contributed by atoms with E-state index in [4.69, 9.17) is 0 Å². The predicted octanol–water partition coefficient (Wildman–Crippen LogP) is -0.606. The van der Waals surface area contributed by atoms with Gasteiger partial charge in [0, 0.05) is 72.2 Å². The Morgan fingerprint density at radius 3 is 2.10 bits per heavy atom. The number of rotatable bonds is 3. The smallest absolute Gasteiger partial charge is 0.223 e. The van der Waals surface area contributed by atoms with Crippen LogP contribution in [-0.2, 0) is 9.59 Å². The van der Waals surface area contributed by atoms with Gasteiger partial charge in [0.05, 0.1) is 0 Å². The highest BCUT2D eigenvalue weighted by atomic mass is 35.5. The number of amides is 2. The summed E-state index contributed by atoms with van der Waals surface area (Å²) in [6, 6.07) is 0. The Morgan fingerprint density at radius 2 is 1.55 bits per heavy atom. The predicted molar refractivity (Wildman–Crippen MR) is 80.0 cm³/mol. The summed E-state index contributed by atoms with van der Waals surface area (Å²) in [5.41, 5.74) is 0. The van der Waals surface area contributed by atoms with E-state index in [9.17, 15) is 9.59 Å². The van der Waals surface area contributed by atoms with E-state index in [2.05, 4.69) is 10.2 Å². The van der Waals surface area contributed by atoms with Crippen molar-refractivity contribution in [2.24, 2.45) is 0 Å². The van der Waals surface area contributed by atoms with Crippen LogP contribution in [0, 0.1) is 0 Å².